The molecule has 0 aliphatic heterocycles. The van der Waals surface area contributed by atoms with Crippen LogP contribution in [0.4, 0.5) is 0 Å². The fraction of sp³-hybridized carbons (Fsp3) is 0.500. The summed E-state index contributed by atoms with van der Waals surface area (Å²) in [5, 5.41) is 13.3. The molecule has 20 heavy (non-hydrogen) atoms. The summed E-state index contributed by atoms with van der Waals surface area (Å²) in [4.78, 5) is 12.8. The summed E-state index contributed by atoms with van der Waals surface area (Å²) in [5.41, 5.74) is 0.924. The van der Waals surface area contributed by atoms with Gasteiger partial charge in [-0.1, -0.05) is 11.6 Å². The van der Waals surface area contributed by atoms with Crippen molar-refractivity contribution in [2.45, 2.75) is 13.0 Å². The van der Waals surface area contributed by atoms with Crippen molar-refractivity contribution in [2.75, 3.05) is 33.8 Å². The molecule has 5 nitrogen and oxygen atoms in total. The number of aryl methyl sites for hydroxylation is 1. The number of benzene rings is 1. The van der Waals surface area contributed by atoms with Crippen LogP contribution in [0.2, 0.25) is 5.02 Å². The zero-order chi connectivity index (χ0) is 15.1. The number of hydrogen-bond donors (Lipinski definition) is 2. The second-order valence-corrected chi connectivity index (χ2v) is 5.20. The van der Waals surface area contributed by atoms with Gasteiger partial charge in [0.05, 0.1) is 6.54 Å². The highest BCUT2D eigenvalue weighted by atomic mass is 35.5. The van der Waals surface area contributed by atoms with Gasteiger partial charge in [-0.05, 0) is 30.7 Å². The third-order valence-corrected chi connectivity index (χ3v) is 3.15. The molecule has 0 fully saturated rings. The number of carbonyl (C=O) groups is 1. The first kappa shape index (κ1) is 16.8. The van der Waals surface area contributed by atoms with E-state index >= 15 is 0 Å². The molecule has 1 rings (SSSR count). The molecule has 0 spiro atoms. The van der Waals surface area contributed by atoms with E-state index in [0.29, 0.717) is 17.3 Å². The van der Waals surface area contributed by atoms with E-state index < -0.39 is 6.10 Å². The molecule has 0 radical (unpaired) electrons. The van der Waals surface area contributed by atoms with Gasteiger partial charge < -0.3 is 20.1 Å². The number of hydrogen-bond acceptors (Lipinski definition) is 4. The Morgan fingerprint density at radius 2 is 2.20 bits per heavy atom. The van der Waals surface area contributed by atoms with Gasteiger partial charge in [0.25, 0.3) is 0 Å². The quantitative estimate of drug-likeness (QED) is 0.791. The number of aliphatic hydroxyl groups excluding tert-OH is 1. The van der Waals surface area contributed by atoms with Crippen LogP contribution >= 0.6 is 11.6 Å². The van der Waals surface area contributed by atoms with Crippen molar-refractivity contribution in [3.05, 3.63) is 28.8 Å². The van der Waals surface area contributed by atoms with Gasteiger partial charge in [0.15, 0.2) is 0 Å². The van der Waals surface area contributed by atoms with Crippen LogP contribution in [0.15, 0.2) is 18.2 Å². The van der Waals surface area contributed by atoms with E-state index in [0.717, 1.165) is 5.56 Å². The third-order valence-electron chi connectivity index (χ3n) is 2.73. The van der Waals surface area contributed by atoms with Crippen molar-refractivity contribution in [1.82, 2.24) is 10.2 Å². The lowest BCUT2D eigenvalue weighted by Crippen LogP contribution is -2.38. The molecule has 1 unspecified atom stereocenters. The zero-order valence-electron chi connectivity index (χ0n) is 12.0. The van der Waals surface area contributed by atoms with Gasteiger partial charge in [0.1, 0.15) is 18.5 Å². The monoisotopic (exact) mass is 300 g/mol. The highest BCUT2D eigenvalue weighted by molar-refractivity contribution is 6.31. The smallest absolute Gasteiger partial charge is 0.236 e. The van der Waals surface area contributed by atoms with Crippen molar-refractivity contribution < 1.29 is 14.6 Å². The van der Waals surface area contributed by atoms with Gasteiger partial charge in [-0.15, -0.1) is 0 Å². The molecule has 0 saturated carbocycles. The topological polar surface area (TPSA) is 61.8 Å². The summed E-state index contributed by atoms with van der Waals surface area (Å²) in [6.07, 6.45) is -0.680. The van der Waals surface area contributed by atoms with Gasteiger partial charge >= 0.3 is 0 Å². The summed E-state index contributed by atoms with van der Waals surface area (Å²) in [5.74, 6) is 0.627. The fourth-order valence-electron chi connectivity index (χ4n) is 1.46. The maximum atomic E-state index is 11.3. The van der Waals surface area contributed by atoms with E-state index in [1.807, 2.05) is 13.0 Å². The molecular weight excluding hydrogens is 280 g/mol. The number of nitrogens with one attached hydrogen (secondary N) is 1. The molecule has 2 N–H and O–H groups in total. The standard InChI is InChI=1S/C14H21ClN2O3/c1-10-6-12(4-5-13(10)15)20-9-11(18)7-16-8-14(19)17(2)3/h4-6,11,16,18H,7-9H2,1-3H3. The van der Waals surface area contributed by atoms with Crippen LogP contribution < -0.4 is 10.1 Å². The number of carbonyl (C=O) groups excluding carboxylic acids is 1. The Labute approximate surface area is 124 Å². The predicted octanol–water partition coefficient (Wildman–Crippen LogP) is 1.07. The fourth-order valence-corrected chi connectivity index (χ4v) is 1.58. The summed E-state index contributed by atoms with van der Waals surface area (Å²) < 4.78 is 5.46. The van der Waals surface area contributed by atoms with Gasteiger partial charge in [-0.3, -0.25) is 4.79 Å². The van der Waals surface area contributed by atoms with Crippen LogP contribution in [-0.4, -0.2) is 55.8 Å². The van der Waals surface area contributed by atoms with Crippen LogP contribution in [0.1, 0.15) is 5.56 Å². The molecular formula is C14H21ClN2O3. The van der Waals surface area contributed by atoms with Crippen LogP contribution in [0.5, 0.6) is 5.75 Å². The number of nitrogens with zero attached hydrogens (tertiary/aromatic N) is 1. The van der Waals surface area contributed by atoms with E-state index in [1.54, 1.807) is 26.2 Å². The minimum absolute atomic E-state index is 0.0357. The van der Waals surface area contributed by atoms with Crippen LogP contribution in [0.25, 0.3) is 0 Å². The Morgan fingerprint density at radius 1 is 1.50 bits per heavy atom. The number of halogens is 1. The van der Waals surface area contributed by atoms with E-state index in [1.165, 1.54) is 4.90 Å². The lowest BCUT2D eigenvalue weighted by atomic mass is 10.2. The van der Waals surface area contributed by atoms with Gasteiger partial charge in [-0.25, -0.2) is 0 Å². The minimum Gasteiger partial charge on any atom is -0.491 e. The Bertz CT molecular complexity index is 452. The predicted molar refractivity (Wildman–Crippen MR) is 79.3 cm³/mol. The molecule has 0 heterocycles. The molecule has 1 atom stereocenters. The molecule has 0 aromatic heterocycles. The SMILES string of the molecule is Cc1cc(OCC(O)CNCC(=O)N(C)C)ccc1Cl. The van der Waals surface area contributed by atoms with E-state index in [2.05, 4.69) is 5.32 Å². The molecule has 112 valence electrons. The lowest BCUT2D eigenvalue weighted by molar-refractivity contribution is -0.127. The molecule has 6 heteroatoms. The molecule has 0 aliphatic carbocycles. The second-order valence-electron chi connectivity index (χ2n) is 4.79. The molecule has 0 aliphatic rings. The molecule has 0 bridgehead atoms. The number of aliphatic hydroxyl groups is 1. The number of likely N-dealkylation sites (N-methyl/N-ethyl adjacent to an activating group) is 1. The maximum Gasteiger partial charge on any atom is 0.236 e. The van der Waals surface area contributed by atoms with Crippen molar-refractivity contribution in [3.63, 3.8) is 0 Å². The number of ether oxygens (including phenoxy) is 1. The zero-order valence-corrected chi connectivity index (χ0v) is 12.8. The first-order valence-electron chi connectivity index (χ1n) is 6.38. The average molecular weight is 301 g/mol. The van der Waals surface area contributed by atoms with Crippen molar-refractivity contribution in [2.24, 2.45) is 0 Å². The Kier molecular flexibility index (Phi) is 6.78. The van der Waals surface area contributed by atoms with Gasteiger partial charge in [0.2, 0.25) is 5.91 Å². The summed E-state index contributed by atoms with van der Waals surface area (Å²) >= 11 is 5.92. The Balaban J connectivity index is 2.27. The second kappa shape index (κ2) is 8.09. The first-order chi connectivity index (χ1) is 9.40. The number of rotatable bonds is 7. The highest BCUT2D eigenvalue weighted by Gasteiger charge is 2.08. The van der Waals surface area contributed by atoms with Gasteiger partial charge in [0, 0.05) is 25.7 Å². The minimum atomic E-state index is -0.680. The van der Waals surface area contributed by atoms with Crippen molar-refractivity contribution in [3.8, 4) is 5.75 Å². The van der Waals surface area contributed by atoms with Crippen molar-refractivity contribution >= 4 is 17.5 Å². The summed E-state index contributed by atoms with van der Waals surface area (Å²) in [6.45, 7) is 2.54. The van der Waals surface area contributed by atoms with Gasteiger partial charge in [-0.2, -0.15) is 0 Å². The third kappa shape index (κ3) is 5.77. The molecule has 0 saturated heterocycles. The molecule has 1 amide bonds. The largest absolute Gasteiger partial charge is 0.491 e. The van der Waals surface area contributed by atoms with E-state index in [9.17, 15) is 9.90 Å². The van der Waals surface area contributed by atoms with Crippen molar-refractivity contribution in [1.29, 1.82) is 0 Å². The maximum absolute atomic E-state index is 11.3. The van der Waals surface area contributed by atoms with E-state index in [4.69, 9.17) is 16.3 Å². The normalized spacial score (nSPS) is 12.1. The van der Waals surface area contributed by atoms with Crippen LogP contribution in [-0.2, 0) is 4.79 Å². The first-order valence-corrected chi connectivity index (χ1v) is 6.76. The lowest BCUT2D eigenvalue weighted by Gasteiger charge is -2.15. The summed E-state index contributed by atoms with van der Waals surface area (Å²) in [7, 11) is 3.37. The number of amides is 1. The highest BCUT2D eigenvalue weighted by Crippen LogP contribution is 2.20. The average Bonchev–Trinajstić information content (AvgIpc) is 2.40. The molecule has 1 aromatic carbocycles. The molecule has 1 aromatic rings. The van der Waals surface area contributed by atoms with Crippen LogP contribution in [0, 0.1) is 6.92 Å². The Morgan fingerprint density at radius 3 is 2.80 bits per heavy atom. The van der Waals surface area contributed by atoms with Crippen LogP contribution in [0.3, 0.4) is 0 Å². The van der Waals surface area contributed by atoms with E-state index in [-0.39, 0.29) is 19.1 Å². The summed E-state index contributed by atoms with van der Waals surface area (Å²) in [6, 6.07) is 5.33. The Hall–Kier alpha value is -1.30.